The summed E-state index contributed by atoms with van der Waals surface area (Å²) in [6, 6.07) is 9.96. The molecule has 1 unspecified atom stereocenters. The van der Waals surface area contributed by atoms with E-state index in [0.717, 1.165) is 0 Å². The van der Waals surface area contributed by atoms with Gasteiger partial charge in [0.05, 0.1) is 0 Å². The fraction of sp³-hybridized carbons (Fsp3) is 0.167. The lowest BCUT2D eigenvalue weighted by molar-refractivity contribution is -0.120. The zero-order valence-corrected chi connectivity index (χ0v) is 13.7. The summed E-state index contributed by atoms with van der Waals surface area (Å²) in [7, 11) is 3.46. The number of hydrogen-bond acceptors (Lipinski definition) is 4. The Morgan fingerprint density at radius 1 is 1.12 bits per heavy atom. The summed E-state index contributed by atoms with van der Waals surface area (Å²) in [6.07, 6.45) is 0. The third-order valence-electron chi connectivity index (χ3n) is 3.96. The Hall–Kier alpha value is -3.06. The highest BCUT2D eigenvalue weighted by atomic mass is 19.1. The first-order chi connectivity index (χ1) is 11.9. The molecular formula is C18H18FN3O3. The fourth-order valence-corrected chi connectivity index (χ4v) is 2.84. The van der Waals surface area contributed by atoms with E-state index in [1.165, 1.54) is 12.1 Å². The predicted octanol–water partition coefficient (Wildman–Crippen LogP) is 2.96. The number of nitrogens with one attached hydrogen (secondary N) is 2. The van der Waals surface area contributed by atoms with Gasteiger partial charge in [-0.15, -0.1) is 0 Å². The molecule has 1 atom stereocenters. The van der Waals surface area contributed by atoms with Crippen molar-refractivity contribution in [1.82, 2.24) is 9.88 Å². The van der Waals surface area contributed by atoms with Crippen LogP contribution in [0.1, 0.15) is 11.6 Å². The number of carbonyl (C=O) groups is 1. The summed E-state index contributed by atoms with van der Waals surface area (Å²) >= 11 is 0. The maximum Gasteiger partial charge on any atom is 0.246 e. The molecule has 0 aliphatic carbocycles. The number of anilines is 1. The van der Waals surface area contributed by atoms with Gasteiger partial charge in [-0.05, 0) is 50.0 Å². The SMILES string of the molecule is CN(C)C(C(=O)Nc1ccc2c(O)[nH]c(O)c2c1)c1cccc(F)c1. The second-order valence-electron chi connectivity index (χ2n) is 5.99. The molecule has 0 fully saturated rings. The molecule has 0 bridgehead atoms. The fourth-order valence-electron chi connectivity index (χ4n) is 2.84. The maximum atomic E-state index is 13.5. The number of aromatic nitrogens is 1. The minimum Gasteiger partial charge on any atom is -0.494 e. The Labute approximate surface area is 143 Å². The van der Waals surface area contributed by atoms with Gasteiger partial charge in [0.2, 0.25) is 5.91 Å². The van der Waals surface area contributed by atoms with Crippen LogP contribution in [-0.4, -0.2) is 40.1 Å². The molecule has 130 valence electrons. The van der Waals surface area contributed by atoms with Crippen LogP contribution in [0, 0.1) is 5.82 Å². The molecule has 0 aliphatic rings. The number of aromatic hydroxyl groups is 2. The van der Waals surface area contributed by atoms with E-state index in [4.69, 9.17) is 0 Å². The topological polar surface area (TPSA) is 88.6 Å². The molecule has 1 amide bonds. The van der Waals surface area contributed by atoms with E-state index in [2.05, 4.69) is 10.3 Å². The second kappa shape index (κ2) is 6.45. The van der Waals surface area contributed by atoms with Crippen LogP contribution >= 0.6 is 0 Å². The van der Waals surface area contributed by atoms with Crippen molar-refractivity contribution in [1.29, 1.82) is 0 Å². The van der Waals surface area contributed by atoms with E-state index < -0.39 is 11.9 Å². The minimum absolute atomic E-state index is 0.142. The van der Waals surface area contributed by atoms with E-state index in [9.17, 15) is 19.4 Å². The van der Waals surface area contributed by atoms with Crippen molar-refractivity contribution in [3.05, 3.63) is 53.8 Å². The molecule has 25 heavy (non-hydrogen) atoms. The van der Waals surface area contributed by atoms with Crippen LogP contribution in [-0.2, 0) is 4.79 Å². The van der Waals surface area contributed by atoms with Crippen molar-refractivity contribution < 1.29 is 19.4 Å². The number of amides is 1. The third kappa shape index (κ3) is 3.27. The van der Waals surface area contributed by atoms with Crippen molar-refractivity contribution in [3.8, 4) is 11.8 Å². The van der Waals surface area contributed by atoms with Gasteiger partial charge in [0, 0.05) is 16.5 Å². The zero-order chi connectivity index (χ0) is 18.1. The number of hydrogen-bond donors (Lipinski definition) is 4. The number of carbonyl (C=O) groups excluding carboxylic acids is 1. The van der Waals surface area contributed by atoms with Crippen LogP contribution in [0.25, 0.3) is 10.8 Å². The average molecular weight is 343 g/mol. The van der Waals surface area contributed by atoms with Gasteiger partial charge in [-0.1, -0.05) is 12.1 Å². The Morgan fingerprint density at radius 3 is 2.52 bits per heavy atom. The summed E-state index contributed by atoms with van der Waals surface area (Å²) in [6.45, 7) is 0. The Bertz CT molecular complexity index is 936. The molecule has 3 aromatic rings. The monoisotopic (exact) mass is 343 g/mol. The predicted molar refractivity (Wildman–Crippen MR) is 93.1 cm³/mol. The van der Waals surface area contributed by atoms with Gasteiger partial charge >= 0.3 is 0 Å². The van der Waals surface area contributed by atoms with Gasteiger partial charge < -0.3 is 15.5 Å². The van der Waals surface area contributed by atoms with Crippen molar-refractivity contribution in [2.75, 3.05) is 19.4 Å². The number of aromatic amines is 1. The number of H-pyrrole nitrogens is 1. The molecule has 1 aromatic heterocycles. The molecule has 2 aromatic carbocycles. The standard InChI is InChI=1S/C18H18FN3O3/c1-22(2)15(10-4-3-5-11(19)8-10)18(25)20-12-6-7-13-14(9-12)17(24)21-16(13)23/h3-9,15,21,23-24H,1-2H3,(H,20,25). The molecule has 0 saturated heterocycles. The number of halogens is 1. The molecule has 0 radical (unpaired) electrons. The normalized spacial score (nSPS) is 12.5. The first kappa shape index (κ1) is 16.8. The summed E-state index contributed by atoms with van der Waals surface area (Å²) in [4.78, 5) is 16.8. The summed E-state index contributed by atoms with van der Waals surface area (Å²) in [5.41, 5.74) is 0.987. The van der Waals surface area contributed by atoms with Crippen LogP contribution < -0.4 is 5.32 Å². The lowest BCUT2D eigenvalue weighted by Crippen LogP contribution is -2.32. The molecule has 7 heteroatoms. The van der Waals surface area contributed by atoms with Crippen molar-refractivity contribution in [2.45, 2.75) is 6.04 Å². The Balaban J connectivity index is 1.90. The maximum absolute atomic E-state index is 13.5. The van der Waals surface area contributed by atoms with Crippen molar-refractivity contribution in [3.63, 3.8) is 0 Å². The molecule has 0 spiro atoms. The average Bonchev–Trinajstić information content (AvgIpc) is 2.81. The summed E-state index contributed by atoms with van der Waals surface area (Å²) < 4.78 is 13.5. The number of likely N-dealkylation sites (N-methyl/N-ethyl adjacent to an activating group) is 1. The largest absolute Gasteiger partial charge is 0.494 e. The van der Waals surface area contributed by atoms with Crippen LogP contribution in [0.2, 0.25) is 0 Å². The first-order valence-corrected chi connectivity index (χ1v) is 7.63. The van der Waals surface area contributed by atoms with Gasteiger partial charge in [0.15, 0.2) is 11.8 Å². The number of nitrogens with zero attached hydrogens (tertiary/aromatic N) is 1. The molecule has 1 heterocycles. The quantitative estimate of drug-likeness (QED) is 0.586. The Morgan fingerprint density at radius 2 is 1.84 bits per heavy atom. The molecular weight excluding hydrogens is 325 g/mol. The molecule has 4 N–H and O–H groups in total. The zero-order valence-electron chi connectivity index (χ0n) is 13.7. The van der Waals surface area contributed by atoms with E-state index in [-0.39, 0.29) is 17.7 Å². The highest BCUT2D eigenvalue weighted by Crippen LogP contribution is 2.34. The highest BCUT2D eigenvalue weighted by molar-refractivity contribution is 6.00. The minimum atomic E-state index is -0.681. The van der Waals surface area contributed by atoms with Gasteiger partial charge in [0.25, 0.3) is 0 Å². The van der Waals surface area contributed by atoms with Gasteiger partial charge in [-0.25, -0.2) is 4.39 Å². The van der Waals surface area contributed by atoms with Crippen LogP contribution in [0.4, 0.5) is 10.1 Å². The van der Waals surface area contributed by atoms with Gasteiger partial charge in [-0.3, -0.25) is 14.7 Å². The van der Waals surface area contributed by atoms with Crippen LogP contribution in [0.5, 0.6) is 11.8 Å². The van der Waals surface area contributed by atoms with Crippen molar-refractivity contribution >= 4 is 22.4 Å². The summed E-state index contributed by atoms with van der Waals surface area (Å²) in [5, 5.41) is 23.0. The Kier molecular flexibility index (Phi) is 4.33. The lowest BCUT2D eigenvalue weighted by Gasteiger charge is -2.24. The molecule has 3 rings (SSSR count). The van der Waals surface area contributed by atoms with Crippen LogP contribution in [0.15, 0.2) is 42.5 Å². The lowest BCUT2D eigenvalue weighted by atomic mass is 10.0. The number of fused-ring (bicyclic) bond motifs is 1. The van der Waals surface area contributed by atoms with E-state index in [1.54, 1.807) is 49.3 Å². The molecule has 0 saturated carbocycles. The van der Waals surface area contributed by atoms with Gasteiger partial charge in [-0.2, -0.15) is 0 Å². The molecule has 6 nitrogen and oxygen atoms in total. The van der Waals surface area contributed by atoms with E-state index >= 15 is 0 Å². The van der Waals surface area contributed by atoms with E-state index in [0.29, 0.717) is 22.0 Å². The second-order valence-corrected chi connectivity index (χ2v) is 5.99. The summed E-state index contributed by atoms with van der Waals surface area (Å²) in [5.74, 6) is -1.07. The molecule has 0 aliphatic heterocycles. The van der Waals surface area contributed by atoms with Crippen LogP contribution in [0.3, 0.4) is 0 Å². The van der Waals surface area contributed by atoms with E-state index in [1.807, 2.05) is 0 Å². The van der Waals surface area contributed by atoms with Gasteiger partial charge in [0.1, 0.15) is 11.9 Å². The first-order valence-electron chi connectivity index (χ1n) is 7.63. The highest BCUT2D eigenvalue weighted by Gasteiger charge is 2.23. The smallest absolute Gasteiger partial charge is 0.246 e. The number of benzene rings is 2. The van der Waals surface area contributed by atoms with Crippen molar-refractivity contribution in [2.24, 2.45) is 0 Å². The third-order valence-corrected chi connectivity index (χ3v) is 3.96. The number of rotatable bonds is 4.